The van der Waals surface area contributed by atoms with Crippen LogP contribution in [0.4, 0.5) is 0 Å². The summed E-state index contributed by atoms with van der Waals surface area (Å²) in [5.74, 6) is 0. The van der Waals surface area contributed by atoms with Crippen LogP contribution in [0.15, 0.2) is 23.8 Å². The van der Waals surface area contributed by atoms with Crippen LogP contribution >= 0.6 is 0 Å². The molecule has 102 valence electrons. The summed E-state index contributed by atoms with van der Waals surface area (Å²) in [6, 6.07) is 0. The molecule has 1 aliphatic carbocycles. The molecule has 2 aliphatic rings. The van der Waals surface area contributed by atoms with E-state index in [0.29, 0.717) is 6.42 Å². The number of ether oxygens (including phenoxy) is 1. The summed E-state index contributed by atoms with van der Waals surface area (Å²) in [7, 11) is 0. The minimum atomic E-state index is -0.275. The topological polar surface area (TPSA) is 53.0 Å². The van der Waals surface area contributed by atoms with Crippen molar-refractivity contribution in [2.75, 3.05) is 6.61 Å². The van der Waals surface area contributed by atoms with Crippen molar-refractivity contribution < 1.29 is 14.9 Å². The molecule has 2 fully saturated rings. The number of hydrogen-bond donors (Lipinski definition) is 2. The van der Waals surface area contributed by atoms with Gasteiger partial charge in [0.05, 0.1) is 12.7 Å². The van der Waals surface area contributed by atoms with E-state index in [0.717, 1.165) is 12.0 Å². The van der Waals surface area contributed by atoms with Crippen molar-refractivity contribution in [3.05, 3.63) is 23.8 Å². The highest BCUT2D eigenvalue weighted by Crippen LogP contribution is 2.66. The van der Waals surface area contributed by atoms with Gasteiger partial charge in [0.2, 0.25) is 0 Å². The molecule has 3 atom stereocenters. The summed E-state index contributed by atoms with van der Waals surface area (Å²) in [6.45, 7) is 8.40. The van der Waals surface area contributed by atoms with Gasteiger partial charge in [-0.1, -0.05) is 31.6 Å². The third-order valence-corrected chi connectivity index (χ3v) is 4.50. The molecule has 0 unspecified atom stereocenters. The molecular formula is C15H24O3. The normalized spacial score (nSPS) is 43.0. The number of rotatable bonds is 3. The molecule has 0 aromatic carbocycles. The molecule has 3 nitrogen and oxygen atoms in total. The predicted molar refractivity (Wildman–Crippen MR) is 71.2 cm³/mol. The van der Waals surface area contributed by atoms with Crippen molar-refractivity contribution in [2.45, 2.75) is 57.8 Å². The molecule has 0 bridgehead atoms. The molecule has 0 amide bonds. The second kappa shape index (κ2) is 4.19. The summed E-state index contributed by atoms with van der Waals surface area (Å²) in [5, 5.41) is 18.8. The Balaban J connectivity index is 2.24. The second-order valence-corrected chi connectivity index (χ2v) is 6.48. The third-order valence-electron chi connectivity index (χ3n) is 4.50. The zero-order chi connectivity index (χ0) is 13.6. The number of fused-ring (bicyclic) bond motifs is 1. The maximum Gasteiger partial charge on any atom is 0.121 e. The van der Waals surface area contributed by atoms with Gasteiger partial charge in [0, 0.05) is 11.8 Å². The lowest BCUT2D eigenvalue weighted by atomic mass is 9.63. The lowest BCUT2D eigenvalue weighted by molar-refractivity contribution is 0.0515. The monoisotopic (exact) mass is 252 g/mol. The summed E-state index contributed by atoms with van der Waals surface area (Å²) >= 11 is 0. The smallest absolute Gasteiger partial charge is 0.121 e. The Kier molecular flexibility index (Phi) is 3.21. The van der Waals surface area contributed by atoms with E-state index in [4.69, 9.17) is 9.84 Å². The number of allylic oxidation sites excluding steroid dienone is 2. The van der Waals surface area contributed by atoms with Gasteiger partial charge >= 0.3 is 0 Å². The van der Waals surface area contributed by atoms with Crippen LogP contribution in [0.1, 0.15) is 40.5 Å². The van der Waals surface area contributed by atoms with Crippen LogP contribution in [0.25, 0.3) is 0 Å². The molecule has 0 spiro atoms. The van der Waals surface area contributed by atoms with Crippen LogP contribution in [-0.4, -0.2) is 34.1 Å². The molecule has 1 heterocycles. The molecule has 1 aliphatic heterocycles. The van der Waals surface area contributed by atoms with E-state index in [1.54, 1.807) is 6.08 Å². The third kappa shape index (κ3) is 1.94. The molecule has 0 aromatic rings. The highest BCUT2D eigenvalue weighted by atomic mass is 16.6. The van der Waals surface area contributed by atoms with E-state index in [-0.39, 0.29) is 29.3 Å². The molecule has 2 N–H and O–H groups in total. The quantitative estimate of drug-likeness (QED) is 0.598. The van der Waals surface area contributed by atoms with Gasteiger partial charge < -0.3 is 14.9 Å². The van der Waals surface area contributed by atoms with E-state index in [2.05, 4.69) is 26.8 Å². The van der Waals surface area contributed by atoms with Crippen LogP contribution in [0, 0.1) is 5.41 Å². The fourth-order valence-corrected chi connectivity index (χ4v) is 3.54. The average molecular weight is 252 g/mol. The Labute approximate surface area is 109 Å². The number of aliphatic hydroxyl groups is 2. The fraction of sp³-hybridized carbons (Fsp3) is 0.733. The first-order valence-electron chi connectivity index (χ1n) is 6.61. The summed E-state index contributed by atoms with van der Waals surface area (Å²) < 4.78 is 6.03. The van der Waals surface area contributed by atoms with E-state index in [9.17, 15) is 5.11 Å². The first kappa shape index (κ1) is 13.8. The van der Waals surface area contributed by atoms with Crippen molar-refractivity contribution >= 4 is 0 Å². The molecule has 18 heavy (non-hydrogen) atoms. The second-order valence-electron chi connectivity index (χ2n) is 6.48. The predicted octanol–water partition coefficient (Wildman–Crippen LogP) is 2.19. The maximum atomic E-state index is 9.93. The molecule has 1 saturated carbocycles. The van der Waals surface area contributed by atoms with Crippen molar-refractivity contribution in [3.63, 3.8) is 0 Å². The van der Waals surface area contributed by atoms with E-state index < -0.39 is 0 Å². The fourth-order valence-electron chi connectivity index (χ4n) is 3.54. The van der Waals surface area contributed by atoms with Gasteiger partial charge in [-0.25, -0.2) is 0 Å². The van der Waals surface area contributed by atoms with Crippen LogP contribution < -0.4 is 0 Å². The summed E-state index contributed by atoms with van der Waals surface area (Å²) in [6.07, 6.45) is 7.08. The number of hydrogen-bond acceptors (Lipinski definition) is 3. The van der Waals surface area contributed by atoms with Crippen LogP contribution in [0.2, 0.25) is 0 Å². The van der Waals surface area contributed by atoms with Gasteiger partial charge in [0.25, 0.3) is 0 Å². The van der Waals surface area contributed by atoms with E-state index >= 15 is 0 Å². The molecule has 0 radical (unpaired) electrons. The van der Waals surface area contributed by atoms with Gasteiger partial charge in [0.15, 0.2) is 0 Å². The zero-order valence-corrected chi connectivity index (χ0v) is 11.7. The van der Waals surface area contributed by atoms with Gasteiger partial charge in [-0.05, 0) is 26.3 Å². The molecule has 0 aromatic heterocycles. The van der Waals surface area contributed by atoms with Crippen molar-refractivity contribution in [1.29, 1.82) is 0 Å². The molecular weight excluding hydrogens is 228 g/mol. The molecule has 1 saturated heterocycles. The van der Waals surface area contributed by atoms with Crippen LogP contribution in [0.5, 0.6) is 0 Å². The standard InChI is InChI=1S/C15H24O3/c1-11(6-8-16)5-7-15-13(2,3)9-12(17)10-14(15,4)18-15/h5-7,12,16-17H,8-10H2,1-4H3/b7-5+,11-6+/t12-,14+,15-/m0/s1. The van der Waals surface area contributed by atoms with Crippen molar-refractivity contribution in [3.8, 4) is 0 Å². The zero-order valence-electron chi connectivity index (χ0n) is 11.7. The van der Waals surface area contributed by atoms with Gasteiger partial charge in [-0.15, -0.1) is 0 Å². The Hall–Kier alpha value is -0.640. The Morgan fingerprint density at radius 3 is 2.56 bits per heavy atom. The highest BCUT2D eigenvalue weighted by molar-refractivity contribution is 5.35. The SMILES string of the molecule is CC(/C=C/[C@@]12O[C@]1(C)C[C@@H](O)CC2(C)C)=C\CO. The first-order valence-corrected chi connectivity index (χ1v) is 6.61. The Morgan fingerprint density at radius 1 is 1.33 bits per heavy atom. The maximum absolute atomic E-state index is 9.93. The van der Waals surface area contributed by atoms with Crippen LogP contribution in [-0.2, 0) is 4.74 Å². The minimum Gasteiger partial charge on any atom is -0.393 e. The van der Waals surface area contributed by atoms with Gasteiger partial charge in [-0.2, -0.15) is 0 Å². The Bertz CT molecular complexity index is 397. The summed E-state index contributed by atoms with van der Waals surface area (Å²) in [5.41, 5.74) is 0.440. The lowest BCUT2D eigenvalue weighted by Gasteiger charge is -2.39. The van der Waals surface area contributed by atoms with Gasteiger partial charge in [0.1, 0.15) is 11.2 Å². The number of epoxide rings is 1. The number of aliphatic hydroxyl groups excluding tert-OH is 2. The minimum absolute atomic E-state index is 0.0589. The van der Waals surface area contributed by atoms with Crippen molar-refractivity contribution in [2.24, 2.45) is 5.41 Å². The first-order chi connectivity index (χ1) is 8.26. The molecule has 3 heteroatoms. The van der Waals surface area contributed by atoms with Crippen LogP contribution in [0.3, 0.4) is 0 Å². The summed E-state index contributed by atoms with van der Waals surface area (Å²) in [4.78, 5) is 0. The largest absolute Gasteiger partial charge is 0.393 e. The lowest BCUT2D eigenvalue weighted by Crippen LogP contribution is -2.46. The van der Waals surface area contributed by atoms with E-state index in [1.165, 1.54) is 0 Å². The Morgan fingerprint density at radius 2 is 2.00 bits per heavy atom. The van der Waals surface area contributed by atoms with Gasteiger partial charge in [-0.3, -0.25) is 0 Å². The molecule has 2 rings (SSSR count). The average Bonchev–Trinajstić information content (AvgIpc) is 2.82. The highest BCUT2D eigenvalue weighted by Gasteiger charge is 2.74. The van der Waals surface area contributed by atoms with Crippen molar-refractivity contribution in [1.82, 2.24) is 0 Å². The van der Waals surface area contributed by atoms with E-state index in [1.807, 2.05) is 13.0 Å².